The number of aliphatic hydroxyl groups is 1. The largest absolute Gasteiger partial charge is 0.387 e. The van der Waals surface area contributed by atoms with Crippen molar-refractivity contribution in [3.05, 3.63) is 48.3 Å². The van der Waals surface area contributed by atoms with Gasteiger partial charge in [-0.15, -0.1) is 0 Å². The van der Waals surface area contributed by atoms with Gasteiger partial charge in [-0.05, 0) is 18.6 Å². The molecule has 1 N–H and O–H groups in total. The quantitative estimate of drug-likeness (QED) is 0.894. The van der Waals surface area contributed by atoms with E-state index in [1.165, 1.54) is 0 Å². The molecular weight excluding hydrogens is 226 g/mol. The number of aliphatic hydroxyl groups excluding tert-OH is 1. The van der Waals surface area contributed by atoms with Crippen molar-refractivity contribution in [2.75, 3.05) is 0 Å². The lowest BCUT2D eigenvalue weighted by atomic mass is 9.97. The predicted molar refractivity (Wildman–Crippen MR) is 67.9 cm³/mol. The highest BCUT2D eigenvalue weighted by Gasteiger charge is 2.20. The van der Waals surface area contributed by atoms with Crippen LogP contribution < -0.4 is 0 Å². The average molecular weight is 241 g/mol. The van der Waals surface area contributed by atoms with E-state index in [4.69, 9.17) is 5.26 Å². The molecule has 4 heteroatoms. The smallest absolute Gasteiger partial charge is 0.0978 e. The fraction of sp³-hybridized carbons (Fsp3) is 0.286. The van der Waals surface area contributed by atoms with E-state index in [-0.39, 0.29) is 0 Å². The lowest BCUT2D eigenvalue weighted by molar-refractivity contribution is 0.133. The van der Waals surface area contributed by atoms with Crippen LogP contribution in [-0.4, -0.2) is 14.9 Å². The monoisotopic (exact) mass is 241 g/mol. The maximum atomic E-state index is 10.1. The maximum Gasteiger partial charge on any atom is 0.0978 e. The molecule has 18 heavy (non-hydrogen) atoms. The van der Waals surface area contributed by atoms with E-state index in [9.17, 15) is 5.11 Å². The van der Waals surface area contributed by atoms with Crippen LogP contribution in [-0.2, 0) is 0 Å². The number of nitrogens with zero attached hydrogens (tertiary/aromatic N) is 3. The van der Waals surface area contributed by atoms with Crippen molar-refractivity contribution >= 4 is 0 Å². The molecule has 0 aliphatic rings. The van der Waals surface area contributed by atoms with Gasteiger partial charge in [0.15, 0.2) is 0 Å². The summed E-state index contributed by atoms with van der Waals surface area (Å²) in [5.74, 6) is -0.390. The number of benzene rings is 1. The van der Waals surface area contributed by atoms with Crippen LogP contribution in [0.25, 0.3) is 5.69 Å². The van der Waals surface area contributed by atoms with Crippen molar-refractivity contribution in [2.45, 2.75) is 19.4 Å². The summed E-state index contributed by atoms with van der Waals surface area (Å²) in [6, 6.07) is 11.8. The normalized spacial score (nSPS) is 13.8. The molecule has 1 heterocycles. The van der Waals surface area contributed by atoms with Crippen molar-refractivity contribution < 1.29 is 5.11 Å². The van der Waals surface area contributed by atoms with Gasteiger partial charge in [0.25, 0.3) is 0 Å². The van der Waals surface area contributed by atoms with E-state index < -0.39 is 12.0 Å². The van der Waals surface area contributed by atoms with E-state index in [1.807, 2.05) is 37.3 Å². The van der Waals surface area contributed by atoms with E-state index in [1.54, 1.807) is 17.1 Å². The molecule has 0 amide bonds. The molecule has 0 bridgehead atoms. The minimum Gasteiger partial charge on any atom is -0.387 e. The molecule has 0 fully saturated rings. The molecule has 2 aromatic rings. The summed E-state index contributed by atoms with van der Waals surface area (Å²) in [4.78, 5) is 0. The summed E-state index contributed by atoms with van der Waals surface area (Å²) in [5.41, 5.74) is 1.60. The Hall–Kier alpha value is -2.12. The lowest BCUT2D eigenvalue weighted by Gasteiger charge is -2.12. The van der Waals surface area contributed by atoms with Gasteiger partial charge in [0.2, 0.25) is 0 Å². The zero-order chi connectivity index (χ0) is 13.0. The first-order chi connectivity index (χ1) is 8.76. The second kappa shape index (κ2) is 5.48. The number of aromatic nitrogens is 2. The minimum atomic E-state index is -0.780. The molecule has 92 valence electrons. The number of hydrogen-bond donors (Lipinski definition) is 1. The van der Waals surface area contributed by atoms with Crippen LogP contribution in [0.5, 0.6) is 0 Å². The number of hydrogen-bond acceptors (Lipinski definition) is 3. The molecule has 1 aromatic carbocycles. The molecule has 1 aromatic heterocycles. The third-order valence-electron chi connectivity index (χ3n) is 2.95. The topological polar surface area (TPSA) is 61.8 Å². The highest BCUT2D eigenvalue weighted by atomic mass is 16.3. The fourth-order valence-electron chi connectivity index (χ4n) is 1.83. The van der Waals surface area contributed by atoms with Crippen LogP contribution in [0.3, 0.4) is 0 Å². The minimum absolute atomic E-state index is 0.390. The molecule has 0 radical (unpaired) electrons. The summed E-state index contributed by atoms with van der Waals surface area (Å²) in [5, 5.41) is 23.2. The molecule has 0 saturated heterocycles. The molecule has 2 unspecified atom stereocenters. The Kier molecular flexibility index (Phi) is 3.75. The second-order valence-corrected chi connectivity index (χ2v) is 4.14. The molecule has 0 aliphatic heterocycles. The van der Waals surface area contributed by atoms with Crippen LogP contribution in [0.2, 0.25) is 0 Å². The van der Waals surface area contributed by atoms with Crippen molar-refractivity contribution in [2.24, 2.45) is 5.92 Å². The van der Waals surface area contributed by atoms with Crippen molar-refractivity contribution in [3.63, 3.8) is 0 Å². The first kappa shape index (κ1) is 12.3. The molecule has 0 spiro atoms. The van der Waals surface area contributed by atoms with Gasteiger partial charge in [-0.25, -0.2) is 4.68 Å². The molecule has 0 saturated carbocycles. The van der Waals surface area contributed by atoms with Gasteiger partial charge in [-0.2, -0.15) is 10.4 Å². The van der Waals surface area contributed by atoms with Gasteiger partial charge in [-0.3, -0.25) is 0 Å². The van der Waals surface area contributed by atoms with Crippen molar-refractivity contribution in [1.29, 1.82) is 5.26 Å². The number of para-hydroxylation sites is 1. The van der Waals surface area contributed by atoms with Crippen LogP contribution >= 0.6 is 0 Å². The molecular formula is C14H15N3O. The van der Waals surface area contributed by atoms with Gasteiger partial charge in [0.1, 0.15) is 0 Å². The highest BCUT2D eigenvalue weighted by Crippen LogP contribution is 2.24. The number of rotatable bonds is 4. The van der Waals surface area contributed by atoms with Crippen LogP contribution in [0.15, 0.2) is 42.7 Å². The first-order valence-corrected chi connectivity index (χ1v) is 5.94. The van der Waals surface area contributed by atoms with Gasteiger partial charge >= 0.3 is 0 Å². The highest BCUT2D eigenvalue weighted by molar-refractivity contribution is 5.31. The van der Waals surface area contributed by atoms with Gasteiger partial charge < -0.3 is 5.11 Å². The zero-order valence-electron chi connectivity index (χ0n) is 10.2. The van der Waals surface area contributed by atoms with E-state index in [0.29, 0.717) is 12.0 Å². The first-order valence-electron chi connectivity index (χ1n) is 5.94. The van der Waals surface area contributed by atoms with Crippen LogP contribution in [0.1, 0.15) is 25.0 Å². The predicted octanol–water partition coefficient (Wildman–Crippen LogP) is 2.46. The second-order valence-electron chi connectivity index (χ2n) is 4.14. The van der Waals surface area contributed by atoms with Gasteiger partial charge in [0, 0.05) is 11.8 Å². The van der Waals surface area contributed by atoms with Gasteiger partial charge in [0.05, 0.1) is 30.0 Å². The van der Waals surface area contributed by atoms with Crippen molar-refractivity contribution in [3.8, 4) is 11.8 Å². The Balaban J connectivity index is 2.24. The summed E-state index contributed by atoms with van der Waals surface area (Å²) in [6.45, 7) is 1.89. The Morgan fingerprint density at radius 1 is 1.39 bits per heavy atom. The van der Waals surface area contributed by atoms with Crippen LogP contribution in [0.4, 0.5) is 0 Å². The van der Waals surface area contributed by atoms with Crippen molar-refractivity contribution in [1.82, 2.24) is 9.78 Å². The molecule has 2 atom stereocenters. The molecule has 0 aliphatic carbocycles. The van der Waals surface area contributed by atoms with E-state index in [0.717, 1.165) is 5.69 Å². The molecule has 4 nitrogen and oxygen atoms in total. The van der Waals surface area contributed by atoms with E-state index >= 15 is 0 Å². The SMILES string of the molecule is CCC(C#N)C(O)c1cnn(-c2ccccc2)c1. The lowest BCUT2D eigenvalue weighted by Crippen LogP contribution is -2.09. The Morgan fingerprint density at radius 3 is 2.72 bits per heavy atom. The van der Waals surface area contributed by atoms with Gasteiger partial charge in [-0.1, -0.05) is 25.1 Å². The zero-order valence-corrected chi connectivity index (χ0v) is 10.2. The Bertz CT molecular complexity index is 542. The summed E-state index contributed by atoms with van der Waals surface area (Å²) >= 11 is 0. The Labute approximate surface area is 106 Å². The summed E-state index contributed by atoms with van der Waals surface area (Å²) in [6.07, 6.45) is 3.21. The fourth-order valence-corrected chi connectivity index (χ4v) is 1.83. The average Bonchev–Trinajstić information content (AvgIpc) is 2.90. The third-order valence-corrected chi connectivity index (χ3v) is 2.95. The van der Waals surface area contributed by atoms with E-state index in [2.05, 4.69) is 11.2 Å². The maximum absolute atomic E-state index is 10.1. The third kappa shape index (κ3) is 2.41. The number of nitriles is 1. The standard InChI is InChI=1S/C14H15N3O/c1-2-11(8-15)14(18)12-9-16-17(10-12)13-6-4-3-5-7-13/h3-7,9-11,14,18H,2H2,1H3. The Morgan fingerprint density at radius 2 is 2.11 bits per heavy atom. The molecule has 2 rings (SSSR count). The summed E-state index contributed by atoms with van der Waals surface area (Å²) in [7, 11) is 0. The van der Waals surface area contributed by atoms with Crippen LogP contribution in [0, 0.1) is 17.2 Å². The summed E-state index contributed by atoms with van der Waals surface area (Å²) < 4.78 is 1.70.